The number of fused-ring (bicyclic) bond motifs is 1. The van der Waals surface area contributed by atoms with Crippen LogP contribution in [0.4, 0.5) is 0 Å². The summed E-state index contributed by atoms with van der Waals surface area (Å²) in [5, 5.41) is 7.74. The second-order valence-electron chi connectivity index (χ2n) is 6.01. The van der Waals surface area contributed by atoms with Crippen LogP contribution in [0.2, 0.25) is 0 Å². The fraction of sp³-hybridized carbons (Fsp3) is 0.533. The summed E-state index contributed by atoms with van der Waals surface area (Å²) in [6.07, 6.45) is 1.63. The van der Waals surface area contributed by atoms with Crippen LogP contribution in [0.3, 0.4) is 0 Å². The molecule has 2 atom stereocenters. The molecule has 0 bridgehead atoms. The van der Waals surface area contributed by atoms with Gasteiger partial charge < -0.3 is 10.2 Å². The van der Waals surface area contributed by atoms with Crippen molar-refractivity contribution in [3.63, 3.8) is 0 Å². The summed E-state index contributed by atoms with van der Waals surface area (Å²) in [4.78, 5) is 19.2. The molecule has 1 aliphatic rings. The molecule has 0 radical (unpaired) electrons. The van der Waals surface area contributed by atoms with Gasteiger partial charge in [0.2, 0.25) is 0 Å². The summed E-state index contributed by atoms with van der Waals surface area (Å²) < 4.78 is 1.73. The quantitative estimate of drug-likeness (QED) is 0.855. The number of carbonyl (C=O) groups is 1. The fourth-order valence-corrected chi connectivity index (χ4v) is 3.08. The number of piperazine rings is 1. The Kier molecular flexibility index (Phi) is 3.41. The number of nitrogens with one attached hydrogen (secondary N) is 1. The molecule has 1 amide bonds. The maximum atomic E-state index is 12.8. The summed E-state index contributed by atoms with van der Waals surface area (Å²) in [5.74, 6) is 0.0164. The highest BCUT2D eigenvalue weighted by molar-refractivity contribution is 5.99. The van der Waals surface area contributed by atoms with Gasteiger partial charge in [-0.25, -0.2) is 9.50 Å². The van der Waals surface area contributed by atoms with Crippen LogP contribution in [0.5, 0.6) is 0 Å². The molecular weight excluding hydrogens is 266 g/mol. The first-order valence-electron chi connectivity index (χ1n) is 7.33. The van der Waals surface area contributed by atoms with Gasteiger partial charge in [0.05, 0.1) is 6.20 Å². The van der Waals surface area contributed by atoms with Crippen LogP contribution in [-0.2, 0) is 0 Å². The predicted molar refractivity (Wildman–Crippen MR) is 80.4 cm³/mol. The minimum atomic E-state index is 0.0164. The summed E-state index contributed by atoms with van der Waals surface area (Å²) in [5.41, 5.74) is 3.12. The number of carbonyl (C=O) groups excluding carboxylic acids is 1. The molecule has 21 heavy (non-hydrogen) atoms. The Bertz CT molecular complexity index is 683. The molecule has 0 aliphatic carbocycles. The van der Waals surface area contributed by atoms with E-state index in [-0.39, 0.29) is 5.91 Å². The van der Waals surface area contributed by atoms with E-state index < -0.39 is 0 Å². The minimum absolute atomic E-state index is 0.0164. The van der Waals surface area contributed by atoms with Gasteiger partial charge in [-0.05, 0) is 33.8 Å². The molecule has 1 N–H and O–H groups in total. The third-order valence-corrected chi connectivity index (χ3v) is 3.85. The van der Waals surface area contributed by atoms with Gasteiger partial charge in [-0.3, -0.25) is 4.79 Å². The second kappa shape index (κ2) is 5.11. The Morgan fingerprint density at radius 3 is 2.62 bits per heavy atom. The molecule has 0 spiro atoms. The van der Waals surface area contributed by atoms with Crippen LogP contribution in [0.15, 0.2) is 12.3 Å². The number of nitrogens with zero attached hydrogens (tertiary/aromatic N) is 4. The molecule has 3 rings (SSSR count). The van der Waals surface area contributed by atoms with Crippen LogP contribution >= 0.6 is 0 Å². The van der Waals surface area contributed by atoms with Crippen molar-refractivity contribution < 1.29 is 4.79 Å². The topological polar surface area (TPSA) is 62.5 Å². The van der Waals surface area contributed by atoms with E-state index in [1.54, 1.807) is 10.7 Å². The lowest BCUT2D eigenvalue weighted by Crippen LogP contribution is -2.55. The van der Waals surface area contributed by atoms with Crippen LogP contribution < -0.4 is 5.32 Å². The average molecular weight is 287 g/mol. The monoisotopic (exact) mass is 287 g/mol. The second-order valence-corrected chi connectivity index (χ2v) is 6.01. The molecule has 6 nitrogen and oxygen atoms in total. The largest absolute Gasteiger partial charge is 0.335 e. The van der Waals surface area contributed by atoms with Gasteiger partial charge in [-0.15, -0.1) is 0 Å². The van der Waals surface area contributed by atoms with Crippen molar-refractivity contribution in [1.29, 1.82) is 0 Å². The lowest BCUT2D eigenvalue weighted by molar-refractivity contribution is 0.0675. The minimum Gasteiger partial charge on any atom is -0.335 e. The molecule has 1 aliphatic heterocycles. The Morgan fingerprint density at radius 2 is 1.95 bits per heavy atom. The van der Waals surface area contributed by atoms with Gasteiger partial charge in [0.1, 0.15) is 5.56 Å². The number of rotatable bonds is 1. The normalized spacial score (nSPS) is 22.8. The lowest BCUT2D eigenvalue weighted by atomic mass is 10.1. The molecular formula is C15H21N5O. The fourth-order valence-electron chi connectivity index (χ4n) is 3.08. The molecule has 1 fully saturated rings. The molecule has 0 saturated carbocycles. The molecule has 112 valence electrons. The zero-order valence-corrected chi connectivity index (χ0v) is 12.9. The van der Waals surface area contributed by atoms with Crippen LogP contribution in [0.25, 0.3) is 5.65 Å². The molecule has 2 unspecified atom stereocenters. The molecule has 2 aromatic heterocycles. The van der Waals surface area contributed by atoms with Gasteiger partial charge in [0.25, 0.3) is 5.91 Å². The van der Waals surface area contributed by atoms with E-state index >= 15 is 0 Å². The summed E-state index contributed by atoms with van der Waals surface area (Å²) in [6, 6.07) is 2.57. The first-order chi connectivity index (χ1) is 9.95. The van der Waals surface area contributed by atoms with Crippen molar-refractivity contribution in [2.45, 2.75) is 39.8 Å². The maximum absolute atomic E-state index is 12.8. The Balaban J connectivity index is 1.98. The van der Waals surface area contributed by atoms with Gasteiger partial charge >= 0.3 is 0 Å². The molecule has 3 heterocycles. The lowest BCUT2D eigenvalue weighted by Gasteiger charge is -2.35. The summed E-state index contributed by atoms with van der Waals surface area (Å²) >= 11 is 0. The van der Waals surface area contributed by atoms with E-state index in [2.05, 4.69) is 29.2 Å². The Labute approximate surface area is 124 Å². The number of aryl methyl sites for hydroxylation is 2. The molecule has 1 saturated heterocycles. The Hall–Kier alpha value is -1.95. The van der Waals surface area contributed by atoms with Crippen molar-refractivity contribution in [3.05, 3.63) is 29.2 Å². The third kappa shape index (κ3) is 2.51. The molecule has 2 aromatic rings. The standard InChI is InChI=1S/C15H21N5O/c1-9-5-12(4)20-14(18-9)13(6-16-20)15(21)19-7-10(2)17-11(3)8-19/h5-6,10-11,17H,7-8H2,1-4H3. The van der Waals surface area contributed by atoms with E-state index in [1.165, 1.54) is 0 Å². The molecule has 0 aromatic carbocycles. The SMILES string of the molecule is Cc1cc(C)n2ncc(C(=O)N3CC(C)NC(C)C3)c2n1. The van der Waals surface area contributed by atoms with Crippen LogP contribution in [-0.4, -0.2) is 50.6 Å². The van der Waals surface area contributed by atoms with Crippen LogP contribution in [0, 0.1) is 13.8 Å². The van der Waals surface area contributed by atoms with Gasteiger partial charge in [0, 0.05) is 36.6 Å². The van der Waals surface area contributed by atoms with Gasteiger partial charge in [0.15, 0.2) is 5.65 Å². The summed E-state index contributed by atoms with van der Waals surface area (Å²) in [7, 11) is 0. The Morgan fingerprint density at radius 1 is 1.29 bits per heavy atom. The zero-order chi connectivity index (χ0) is 15.1. The zero-order valence-electron chi connectivity index (χ0n) is 12.9. The average Bonchev–Trinajstić information content (AvgIpc) is 2.80. The highest BCUT2D eigenvalue weighted by Gasteiger charge is 2.27. The third-order valence-electron chi connectivity index (χ3n) is 3.85. The van der Waals surface area contributed by atoms with Crippen molar-refractivity contribution >= 4 is 11.6 Å². The van der Waals surface area contributed by atoms with E-state index in [9.17, 15) is 4.79 Å². The van der Waals surface area contributed by atoms with Crippen molar-refractivity contribution in [3.8, 4) is 0 Å². The van der Waals surface area contributed by atoms with E-state index in [4.69, 9.17) is 0 Å². The number of hydrogen-bond donors (Lipinski definition) is 1. The highest BCUT2D eigenvalue weighted by atomic mass is 16.2. The van der Waals surface area contributed by atoms with Crippen molar-refractivity contribution in [1.82, 2.24) is 24.8 Å². The number of amides is 1. The van der Waals surface area contributed by atoms with Crippen molar-refractivity contribution in [2.24, 2.45) is 0 Å². The van der Waals surface area contributed by atoms with E-state index in [0.717, 1.165) is 11.4 Å². The predicted octanol–water partition coefficient (Wildman–Crippen LogP) is 1.17. The van der Waals surface area contributed by atoms with Gasteiger partial charge in [-0.2, -0.15) is 5.10 Å². The number of hydrogen-bond acceptors (Lipinski definition) is 4. The van der Waals surface area contributed by atoms with Gasteiger partial charge in [-0.1, -0.05) is 0 Å². The van der Waals surface area contributed by atoms with E-state index in [0.29, 0.717) is 36.4 Å². The highest BCUT2D eigenvalue weighted by Crippen LogP contribution is 2.16. The van der Waals surface area contributed by atoms with Crippen LogP contribution in [0.1, 0.15) is 35.6 Å². The first kappa shape index (κ1) is 14.0. The van der Waals surface area contributed by atoms with Crippen molar-refractivity contribution in [2.75, 3.05) is 13.1 Å². The van der Waals surface area contributed by atoms with E-state index in [1.807, 2.05) is 24.8 Å². The summed E-state index contributed by atoms with van der Waals surface area (Å²) in [6.45, 7) is 9.52. The number of aromatic nitrogens is 3. The first-order valence-corrected chi connectivity index (χ1v) is 7.33. The maximum Gasteiger partial charge on any atom is 0.259 e. The molecule has 6 heteroatoms. The smallest absolute Gasteiger partial charge is 0.259 e.